The highest BCUT2D eigenvalue weighted by Gasteiger charge is 2.67. The van der Waals surface area contributed by atoms with Gasteiger partial charge < -0.3 is 14.4 Å². The fraction of sp³-hybridized carbons (Fsp3) is 0.467. The van der Waals surface area contributed by atoms with Gasteiger partial charge in [-0.1, -0.05) is 18.2 Å². The quantitative estimate of drug-likeness (QED) is 0.622. The molecule has 2 bridgehead atoms. The van der Waals surface area contributed by atoms with Crippen molar-refractivity contribution in [2.75, 3.05) is 13.7 Å². The van der Waals surface area contributed by atoms with Crippen molar-refractivity contribution in [2.45, 2.75) is 18.2 Å². The summed E-state index contributed by atoms with van der Waals surface area (Å²) in [5, 5.41) is 1.99. The van der Waals surface area contributed by atoms with Gasteiger partial charge in [-0.05, 0) is 11.4 Å². The lowest BCUT2D eigenvalue weighted by Crippen LogP contribution is -2.39. The molecule has 1 aromatic heterocycles. The smallest absolute Gasteiger partial charge is 0.312 e. The van der Waals surface area contributed by atoms with Crippen LogP contribution < -0.4 is 0 Å². The van der Waals surface area contributed by atoms with Crippen LogP contribution in [0.4, 0.5) is 0 Å². The van der Waals surface area contributed by atoms with Crippen LogP contribution >= 0.6 is 11.3 Å². The van der Waals surface area contributed by atoms with Crippen molar-refractivity contribution in [3.05, 3.63) is 34.5 Å². The fourth-order valence-electron chi connectivity index (χ4n) is 3.71. The number of hydrogen-bond acceptors (Lipinski definition) is 5. The molecule has 0 radical (unpaired) electrons. The zero-order valence-electron chi connectivity index (χ0n) is 11.5. The molecule has 2 saturated heterocycles. The summed E-state index contributed by atoms with van der Waals surface area (Å²) in [6, 6.07) is 3.98. The van der Waals surface area contributed by atoms with Crippen LogP contribution in [0.3, 0.4) is 0 Å². The first-order valence-electron chi connectivity index (χ1n) is 6.91. The topological polar surface area (TPSA) is 55.8 Å². The average molecular weight is 305 g/mol. The van der Waals surface area contributed by atoms with Gasteiger partial charge in [0.1, 0.15) is 11.5 Å². The minimum atomic E-state index is -0.641. The predicted octanol–water partition coefficient (Wildman–Crippen LogP) is 1.20. The van der Waals surface area contributed by atoms with Crippen molar-refractivity contribution in [3.8, 4) is 0 Å². The van der Waals surface area contributed by atoms with Crippen molar-refractivity contribution >= 4 is 23.2 Å². The summed E-state index contributed by atoms with van der Waals surface area (Å²) in [7, 11) is 1.35. The van der Waals surface area contributed by atoms with Crippen molar-refractivity contribution < 1.29 is 19.1 Å². The summed E-state index contributed by atoms with van der Waals surface area (Å²) in [5.41, 5.74) is -0.641. The maximum absolute atomic E-state index is 12.7. The van der Waals surface area contributed by atoms with Crippen LogP contribution in [-0.2, 0) is 25.6 Å². The maximum Gasteiger partial charge on any atom is 0.312 e. The molecule has 0 saturated carbocycles. The molecule has 21 heavy (non-hydrogen) atoms. The van der Waals surface area contributed by atoms with Gasteiger partial charge in [-0.25, -0.2) is 0 Å². The molecule has 110 valence electrons. The van der Waals surface area contributed by atoms with Gasteiger partial charge >= 0.3 is 5.97 Å². The van der Waals surface area contributed by atoms with Crippen LogP contribution in [0.25, 0.3) is 0 Å². The third-order valence-electron chi connectivity index (χ3n) is 4.58. The largest absolute Gasteiger partial charge is 0.469 e. The van der Waals surface area contributed by atoms with Gasteiger partial charge in [0.15, 0.2) is 0 Å². The number of ether oxygens (including phenoxy) is 2. The van der Waals surface area contributed by atoms with E-state index in [9.17, 15) is 9.59 Å². The van der Waals surface area contributed by atoms with E-state index in [0.717, 1.165) is 4.88 Å². The fourth-order valence-corrected chi connectivity index (χ4v) is 4.43. The lowest BCUT2D eigenvalue weighted by molar-refractivity contribution is -0.151. The number of hydrogen-bond donors (Lipinski definition) is 0. The molecule has 4 heterocycles. The van der Waals surface area contributed by atoms with Crippen LogP contribution in [0.1, 0.15) is 4.88 Å². The Morgan fingerprint density at radius 3 is 3.19 bits per heavy atom. The molecule has 0 aliphatic carbocycles. The molecule has 4 rings (SSSR count). The van der Waals surface area contributed by atoms with E-state index in [0.29, 0.717) is 13.1 Å². The number of fused-ring (bicyclic) bond motifs is 1. The van der Waals surface area contributed by atoms with E-state index < -0.39 is 17.4 Å². The van der Waals surface area contributed by atoms with E-state index >= 15 is 0 Å². The molecular formula is C15H15NO4S. The Morgan fingerprint density at radius 1 is 1.62 bits per heavy atom. The third kappa shape index (κ3) is 1.72. The van der Waals surface area contributed by atoms with Gasteiger partial charge in [-0.2, -0.15) is 0 Å². The van der Waals surface area contributed by atoms with E-state index in [2.05, 4.69) is 0 Å². The zero-order valence-corrected chi connectivity index (χ0v) is 12.3. The number of likely N-dealkylation sites (tertiary alicyclic amines) is 1. The Kier molecular flexibility index (Phi) is 2.74. The van der Waals surface area contributed by atoms with E-state index in [4.69, 9.17) is 9.47 Å². The lowest BCUT2D eigenvalue weighted by Gasteiger charge is -2.22. The van der Waals surface area contributed by atoms with Crippen LogP contribution in [0.5, 0.6) is 0 Å². The molecule has 1 aromatic rings. The molecule has 3 aliphatic heterocycles. The average Bonchev–Trinajstić information content (AvgIpc) is 3.22. The third-order valence-corrected chi connectivity index (χ3v) is 5.44. The molecule has 0 N–H and O–H groups in total. The minimum Gasteiger partial charge on any atom is -0.469 e. The Bertz CT molecular complexity index is 626. The molecule has 2 fully saturated rings. The second kappa shape index (κ2) is 4.42. The van der Waals surface area contributed by atoms with Crippen molar-refractivity contribution in [1.82, 2.24) is 4.90 Å². The summed E-state index contributed by atoms with van der Waals surface area (Å²) in [6.07, 6.45) is 3.52. The predicted molar refractivity (Wildman–Crippen MR) is 75.5 cm³/mol. The lowest BCUT2D eigenvalue weighted by atomic mass is 9.77. The Labute approximate surface area is 126 Å². The van der Waals surface area contributed by atoms with Gasteiger partial charge in [0, 0.05) is 4.88 Å². The summed E-state index contributed by atoms with van der Waals surface area (Å²) in [5.74, 6) is -1.33. The van der Waals surface area contributed by atoms with Gasteiger partial charge in [0.2, 0.25) is 5.91 Å². The van der Waals surface area contributed by atoms with E-state index in [-0.39, 0.29) is 18.0 Å². The van der Waals surface area contributed by atoms with Crippen molar-refractivity contribution in [3.63, 3.8) is 0 Å². The highest BCUT2D eigenvalue weighted by Crippen LogP contribution is 2.52. The van der Waals surface area contributed by atoms with Gasteiger partial charge in [0.25, 0.3) is 0 Å². The molecule has 4 unspecified atom stereocenters. The molecule has 0 aromatic carbocycles. The maximum atomic E-state index is 12.7. The molecule has 5 nitrogen and oxygen atoms in total. The first-order chi connectivity index (χ1) is 10.1. The van der Waals surface area contributed by atoms with Crippen LogP contribution in [0.15, 0.2) is 29.7 Å². The van der Waals surface area contributed by atoms with Crippen LogP contribution in [0.2, 0.25) is 0 Å². The van der Waals surface area contributed by atoms with Gasteiger partial charge in [0.05, 0.1) is 32.2 Å². The summed E-state index contributed by atoms with van der Waals surface area (Å²) < 4.78 is 10.8. The number of esters is 1. The summed E-state index contributed by atoms with van der Waals surface area (Å²) >= 11 is 1.62. The highest BCUT2D eigenvalue weighted by molar-refractivity contribution is 7.09. The standard InChI is InChI=1S/C15H15NO4S/c1-19-14(18)11-10-4-5-15(20-10)8-16(13(17)12(11)15)7-9-3-2-6-21-9/h2-6,10-12H,7-8H2,1H3. The number of amides is 1. The monoisotopic (exact) mass is 305 g/mol. The first-order valence-corrected chi connectivity index (χ1v) is 7.79. The van der Waals surface area contributed by atoms with Crippen molar-refractivity contribution in [1.29, 1.82) is 0 Å². The Hall–Kier alpha value is -1.66. The molecule has 3 aliphatic rings. The second-order valence-electron chi connectivity index (χ2n) is 5.70. The Morgan fingerprint density at radius 2 is 2.48 bits per heavy atom. The van der Waals surface area contributed by atoms with E-state index in [1.807, 2.05) is 29.7 Å². The van der Waals surface area contributed by atoms with Crippen LogP contribution in [-0.4, -0.2) is 42.1 Å². The van der Waals surface area contributed by atoms with E-state index in [1.165, 1.54) is 7.11 Å². The number of methoxy groups -OCH3 is 1. The number of nitrogens with zero attached hydrogens (tertiary/aromatic N) is 1. The molecule has 4 atom stereocenters. The number of carbonyl (C=O) groups is 2. The number of rotatable bonds is 3. The second-order valence-corrected chi connectivity index (χ2v) is 6.73. The normalized spacial score (nSPS) is 36.3. The van der Waals surface area contributed by atoms with Gasteiger partial charge in [-0.15, -0.1) is 11.3 Å². The number of thiophene rings is 1. The number of carbonyl (C=O) groups excluding carboxylic acids is 2. The summed E-state index contributed by atoms with van der Waals surface area (Å²) in [6.45, 7) is 1.08. The summed E-state index contributed by atoms with van der Waals surface area (Å²) in [4.78, 5) is 27.7. The molecular weight excluding hydrogens is 290 g/mol. The van der Waals surface area contributed by atoms with Gasteiger partial charge in [-0.3, -0.25) is 9.59 Å². The molecule has 1 spiro atoms. The minimum absolute atomic E-state index is 0.00866. The van der Waals surface area contributed by atoms with Crippen LogP contribution in [0, 0.1) is 11.8 Å². The highest BCUT2D eigenvalue weighted by atomic mass is 32.1. The van der Waals surface area contributed by atoms with Crippen molar-refractivity contribution in [2.24, 2.45) is 11.8 Å². The Balaban J connectivity index is 1.64. The molecule has 1 amide bonds. The zero-order chi connectivity index (χ0) is 14.6. The molecule has 6 heteroatoms. The SMILES string of the molecule is COC(=O)C1C2C=CC3(CN(Cc4cccs4)C(=O)C13)O2. The first kappa shape index (κ1) is 13.0. The van der Waals surface area contributed by atoms with E-state index in [1.54, 1.807) is 16.2 Å².